The molecule has 0 aromatic carbocycles. The molecular weight excluding hydrogens is 214 g/mol. The third-order valence-corrected chi connectivity index (χ3v) is 2.56. The van der Waals surface area contributed by atoms with Crippen LogP contribution in [0.3, 0.4) is 0 Å². The van der Waals surface area contributed by atoms with Crippen molar-refractivity contribution in [3.8, 4) is 0 Å². The average Bonchev–Trinajstić information content (AvgIpc) is 2.76. The molecule has 1 heterocycles. The van der Waals surface area contributed by atoms with Crippen LogP contribution < -0.4 is 5.32 Å². The van der Waals surface area contributed by atoms with Gasteiger partial charge in [0.05, 0.1) is 0 Å². The maximum Gasteiger partial charge on any atom is 0.292 e. The fraction of sp³-hybridized carbons (Fsp3) is 0.750. The van der Waals surface area contributed by atoms with E-state index in [1.807, 2.05) is 11.8 Å². The van der Waals surface area contributed by atoms with Gasteiger partial charge in [0.2, 0.25) is 0 Å². The number of carbonyl (C=O) groups excluding carboxylic acids is 1. The summed E-state index contributed by atoms with van der Waals surface area (Å²) in [5, 5.41) is 15.4. The van der Waals surface area contributed by atoms with Crippen molar-refractivity contribution in [1.82, 2.24) is 25.9 Å². The number of tetrazole rings is 1. The topological polar surface area (TPSA) is 83.6 Å². The summed E-state index contributed by atoms with van der Waals surface area (Å²) in [6.07, 6.45) is 5.41. The summed E-state index contributed by atoms with van der Waals surface area (Å²) < 4.78 is 0. The highest BCUT2D eigenvalue weighted by Crippen LogP contribution is 2.01. The second-order valence-corrected chi connectivity index (χ2v) is 4.03. The van der Waals surface area contributed by atoms with Gasteiger partial charge in [0, 0.05) is 6.54 Å². The van der Waals surface area contributed by atoms with Gasteiger partial charge in [-0.25, -0.2) is 0 Å². The zero-order chi connectivity index (χ0) is 10.9. The smallest absolute Gasteiger partial charge is 0.292 e. The average molecular weight is 229 g/mol. The van der Waals surface area contributed by atoms with Crippen molar-refractivity contribution in [2.45, 2.75) is 19.3 Å². The van der Waals surface area contributed by atoms with E-state index in [0.717, 1.165) is 12.8 Å². The van der Waals surface area contributed by atoms with Gasteiger partial charge < -0.3 is 5.32 Å². The maximum absolute atomic E-state index is 11.3. The second kappa shape index (κ2) is 7.22. The number of nitrogens with zero attached hydrogens (tertiary/aromatic N) is 3. The number of aromatic amines is 1. The normalized spacial score (nSPS) is 10.2. The first-order valence-corrected chi connectivity index (χ1v) is 6.24. The van der Waals surface area contributed by atoms with Crippen LogP contribution >= 0.6 is 11.8 Å². The largest absolute Gasteiger partial charge is 0.349 e. The molecule has 0 atom stereocenters. The fourth-order valence-electron chi connectivity index (χ4n) is 1.09. The van der Waals surface area contributed by atoms with Crippen LogP contribution in [0.15, 0.2) is 0 Å². The van der Waals surface area contributed by atoms with Gasteiger partial charge in [-0.3, -0.25) is 4.79 Å². The van der Waals surface area contributed by atoms with Crippen LogP contribution in [0.25, 0.3) is 0 Å². The van der Waals surface area contributed by atoms with E-state index in [2.05, 4.69) is 32.2 Å². The highest BCUT2D eigenvalue weighted by atomic mass is 32.2. The van der Waals surface area contributed by atoms with Gasteiger partial charge in [0.1, 0.15) is 0 Å². The molecule has 2 N–H and O–H groups in total. The molecule has 0 fully saturated rings. The monoisotopic (exact) mass is 229 g/mol. The quantitative estimate of drug-likeness (QED) is 0.664. The van der Waals surface area contributed by atoms with Gasteiger partial charge in [-0.15, -0.1) is 10.2 Å². The molecule has 0 aliphatic rings. The Bertz CT molecular complexity index is 277. The lowest BCUT2D eigenvalue weighted by Gasteiger charge is -2.01. The lowest BCUT2D eigenvalue weighted by atomic mass is 10.2. The number of hydrogen-bond acceptors (Lipinski definition) is 5. The predicted molar refractivity (Wildman–Crippen MR) is 58.7 cm³/mol. The molecule has 6 nitrogen and oxygen atoms in total. The number of hydrogen-bond donors (Lipinski definition) is 2. The second-order valence-electron chi connectivity index (χ2n) is 3.04. The summed E-state index contributed by atoms with van der Waals surface area (Å²) in [5.41, 5.74) is 0. The van der Waals surface area contributed by atoms with E-state index >= 15 is 0 Å². The summed E-state index contributed by atoms with van der Waals surface area (Å²) in [5.74, 6) is 1.01. The van der Waals surface area contributed by atoms with Crippen LogP contribution in [-0.4, -0.2) is 45.1 Å². The van der Waals surface area contributed by atoms with E-state index < -0.39 is 0 Å². The van der Waals surface area contributed by atoms with Gasteiger partial charge in [-0.2, -0.15) is 17.0 Å². The minimum absolute atomic E-state index is 0.0964. The lowest BCUT2D eigenvalue weighted by Crippen LogP contribution is -2.25. The molecule has 0 aliphatic heterocycles. The minimum Gasteiger partial charge on any atom is -0.349 e. The zero-order valence-corrected chi connectivity index (χ0v) is 9.51. The molecule has 0 saturated heterocycles. The van der Waals surface area contributed by atoms with Crippen LogP contribution in [0.4, 0.5) is 0 Å². The Morgan fingerprint density at radius 3 is 3.00 bits per heavy atom. The third-order valence-electron chi connectivity index (χ3n) is 1.86. The molecule has 0 spiro atoms. The molecule has 84 valence electrons. The molecule has 0 bridgehead atoms. The molecular formula is C8H15N5OS. The molecule has 1 amide bonds. The Labute approximate surface area is 92.6 Å². The van der Waals surface area contributed by atoms with Gasteiger partial charge in [0.15, 0.2) is 0 Å². The van der Waals surface area contributed by atoms with Crippen LogP contribution in [-0.2, 0) is 0 Å². The highest BCUT2D eigenvalue weighted by Gasteiger charge is 2.08. The van der Waals surface area contributed by atoms with E-state index in [1.165, 1.54) is 12.2 Å². The van der Waals surface area contributed by atoms with E-state index in [0.29, 0.717) is 6.54 Å². The first kappa shape index (κ1) is 12.0. The van der Waals surface area contributed by atoms with E-state index in [4.69, 9.17) is 0 Å². The summed E-state index contributed by atoms with van der Waals surface area (Å²) >= 11 is 1.84. The molecule has 0 aliphatic carbocycles. The first-order chi connectivity index (χ1) is 7.34. The van der Waals surface area contributed by atoms with Gasteiger partial charge in [-0.1, -0.05) is 6.42 Å². The van der Waals surface area contributed by atoms with Crippen molar-refractivity contribution < 1.29 is 4.79 Å². The van der Waals surface area contributed by atoms with E-state index in [-0.39, 0.29) is 11.7 Å². The number of aromatic nitrogens is 4. The van der Waals surface area contributed by atoms with Crippen molar-refractivity contribution in [1.29, 1.82) is 0 Å². The number of H-pyrrole nitrogens is 1. The number of unbranched alkanes of at least 4 members (excludes halogenated alkanes) is 2. The Hall–Kier alpha value is -1.11. The minimum atomic E-state index is -0.270. The molecule has 1 aromatic rings. The van der Waals surface area contributed by atoms with Crippen LogP contribution in [0.5, 0.6) is 0 Å². The number of thioether (sulfide) groups is 1. The van der Waals surface area contributed by atoms with E-state index in [9.17, 15) is 4.79 Å². The van der Waals surface area contributed by atoms with Crippen LogP contribution in [0.2, 0.25) is 0 Å². The van der Waals surface area contributed by atoms with Crippen molar-refractivity contribution in [2.75, 3.05) is 18.6 Å². The molecule has 1 rings (SSSR count). The third kappa shape index (κ3) is 4.78. The van der Waals surface area contributed by atoms with Gasteiger partial charge in [0.25, 0.3) is 11.7 Å². The molecule has 7 heteroatoms. The summed E-state index contributed by atoms with van der Waals surface area (Å²) in [6, 6.07) is 0. The summed E-state index contributed by atoms with van der Waals surface area (Å²) in [4.78, 5) is 11.3. The van der Waals surface area contributed by atoms with E-state index in [1.54, 1.807) is 0 Å². The number of nitrogens with one attached hydrogen (secondary N) is 2. The Balaban J connectivity index is 2.03. The van der Waals surface area contributed by atoms with Crippen molar-refractivity contribution >= 4 is 17.7 Å². The van der Waals surface area contributed by atoms with Gasteiger partial charge in [-0.05, 0) is 30.1 Å². The van der Waals surface area contributed by atoms with Crippen molar-refractivity contribution in [3.05, 3.63) is 5.82 Å². The Kier molecular flexibility index (Phi) is 5.76. The molecule has 0 unspecified atom stereocenters. The fourth-order valence-corrected chi connectivity index (χ4v) is 1.58. The molecule has 1 aromatic heterocycles. The lowest BCUT2D eigenvalue weighted by molar-refractivity contribution is 0.0942. The standard InChI is InChI=1S/C8H15N5OS/c1-15-6-4-2-3-5-9-8(14)7-10-12-13-11-7/h2-6H2,1H3,(H,9,14)(H,10,11,12,13). The maximum atomic E-state index is 11.3. The van der Waals surface area contributed by atoms with Crippen molar-refractivity contribution in [3.63, 3.8) is 0 Å². The van der Waals surface area contributed by atoms with Crippen LogP contribution in [0, 0.1) is 0 Å². The molecule has 0 saturated carbocycles. The first-order valence-electron chi connectivity index (χ1n) is 4.85. The number of rotatable bonds is 7. The van der Waals surface area contributed by atoms with Crippen molar-refractivity contribution in [2.24, 2.45) is 0 Å². The summed E-state index contributed by atoms with van der Waals surface area (Å²) in [7, 11) is 0. The highest BCUT2D eigenvalue weighted by molar-refractivity contribution is 7.98. The van der Waals surface area contributed by atoms with Crippen LogP contribution in [0.1, 0.15) is 29.9 Å². The zero-order valence-electron chi connectivity index (χ0n) is 8.69. The Morgan fingerprint density at radius 1 is 1.47 bits per heavy atom. The molecule has 0 radical (unpaired) electrons. The van der Waals surface area contributed by atoms with Gasteiger partial charge >= 0.3 is 0 Å². The number of amides is 1. The Morgan fingerprint density at radius 2 is 2.33 bits per heavy atom. The number of carbonyl (C=O) groups is 1. The summed E-state index contributed by atoms with van der Waals surface area (Å²) in [6.45, 7) is 0.668. The SMILES string of the molecule is CSCCCCCNC(=O)c1nn[nH]n1. The molecule has 15 heavy (non-hydrogen) atoms. The predicted octanol–water partition coefficient (Wildman–Crippen LogP) is 0.463.